The second-order valence-corrected chi connectivity index (χ2v) is 4.95. The molecule has 0 saturated carbocycles. The minimum absolute atomic E-state index is 0.207. The monoisotopic (exact) mass is 346 g/mol. The Labute approximate surface area is 120 Å². The van der Waals surface area contributed by atoms with Crippen LogP contribution in [-0.2, 0) is 6.18 Å². The number of halogens is 5. The standard InChI is InChI=1S/C14H7BrF4O/c15-10-4-5-11(12(16)7-10)13(20)8-2-1-3-9(6-8)14(17,18)19/h1-7H. The predicted octanol–water partition coefficient (Wildman–Crippen LogP) is 4.84. The van der Waals surface area contributed by atoms with Gasteiger partial charge in [0.1, 0.15) is 5.82 Å². The lowest BCUT2D eigenvalue weighted by molar-refractivity contribution is -0.137. The van der Waals surface area contributed by atoms with Gasteiger partial charge < -0.3 is 0 Å². The molecule has 0 atom stereocenters. The molecule has 0 radical (unpaired) electrons. The highest BCUT2D eigenvalue weighted by molar-refractivity contribution is 9.10. The third-order valence-corrected chi connectivity index (χ3v) is 3.12. The van der Waals surface area contributed by atoms with Crippen LogP contribution in [0.2, 0.25) is 0 Å². The van der Waals surface area contributed by atoms with Gasteiger partial charge in [-0.3, -0.25) is 4.79 Å². The van der Waals surface area contributed by atoms with Gasteiger partial charge in [0.25, 0.3) is 0 Å². The Bertz CT molecular complexity index is 664. The van der Waals surface area contributed by atoms with Crippen molar-refractivity contribution < 1.29 is 22.4 Å². The Morgan fingerprint density at radius 3 is 2.35 bits per heavy atom. The highest BCUT2D eigenvalue weighted by Crippen LogP contribution is 2.30. The van der Waals surface area contributed by atoms with Gasteiger partial charge in [-0.2, -0.15) is 13.2 Å². The van der Waals surface area contributed by atoms with E-state index in [-0.39, 0.29) is 11.1 Å². The van der Waals surface area contributed by atoms with E-state index in [0.717, 1.165) is 18.2 Å². The molecule has 0 saturated heterocycles. The van der Waals surface area contributed by atoms with Crippen LogP contribution in [0.25, 0.3) is 0 Å². The van der Waals surface area contributed by atoms with Crippen LogP contribution in [0.5, 0.6) is 0 Å². The quantitative estimate of drug-likeness (QED) is 0.561. The second-order valence-electron chi connectivity index (χ2n) is 4.03. The molecule has 2 rings (SSSR count). The van der Waals surface area contributed by atoms with Gasteiger partial charge in [0.15, 0.2) is 5.78 Å². The lowest BCUT2D eigenvalue weighted by Crippen LogP contribution is -2.09. The van der Waals surface area contributed by atoms with Crippen LogP contribution >= 0.6 is 15.9 Å². The maximum absolute atomic E-state index is 13.6. The first-order chi connectivity index (χ1) is 9.29. The summed E-state index contributed by atoms with van der Waals surface area (Å²) >= 11 is 3.04. The first kappa shape index (κ1) is 14.7. The van der Waals surface area contributed by atoms with Crippen molar-refractivity contribution in [3.05, 3.63) is 69.4 Å². The molecule has 0 heterocycles. The third kappa shape index (κ3) is 3.07. The maximum Gasteiger partial charge on any atom is 0.416 e. The van der Waals surface area contributed by atoms with Gasteiger partial charge in [0, 0.05) is 10.0 Å². The molecule has 0 bridgehead atoms. The summed E-state index contributed by atoms with van der Waals surface area (Å²) in [5.74, 6) is -1.58. The first-order valence-corrected chi connectivity index (χ1v) is 6.25. The van der Waals surface area contributed by atoms with E-state index in [4.69, 9.17) is 0 Å². The Kier molecular flexibility index (Phi) is 3.94. The van der Waals surface area contributed by atoms with Gasteiger partial charge in [0.05, 0.1) is 11.1 Å². The Morgan fingerprint density at radius 1 is 1.05 bits per heavy atom. The largest absolute Gasteiger partial charge is 0.416 e. The first-order valence-electron chi connectivity index (χ1n) is 5.46. The van der Waals surface area contributed by atoms with Gasteiger partial charge >= 0.3 is 6.18 Å². The Hall–Kier alpha value is -1.69. The number of carbonyl (C=O) groups is 1. The molecular weight excluding hydrogens is 340 g/mol. The van der Waals surface area contributed by atoms with Crippen LogP contribution in [0, 0.1) is 5.82 Å². The molecule has 0 N–H and O–H groups in total. The zero-order chi connectivity index (χ0) is 14.9. The SMILES string of the molecule is O=C(c1cccc(C(F)(F)F)c1)c1ccc(Br)cc1F. The average molecular weight is 347 g/mol. The highest BCUT2D eigenvalue weighted by Gasteiger charge is 2.31. The number of carbonyl (C=O) groups excluding carboxylic acids is 1. The van der Waals surface area contributed by atoms with Crippen LogP contribution in [0.4, 0.5) is 17.6 Å². The Morgan fingerprint density at radius 2 is 1.75 bits per heavy atom. The third-order valence-electron chi connectivity index (χ3n) is 2.63. The fourth-order valence-corrected chi connectivity index (χ4v) is 2.00. The van der Waals surface area contributed by atoms with Crippen molar-refractivity contribution in [2.75, 3.05) is 0 Å². The molecule has 1 nitrogen and oxygen atoms in total. The van der Waals surface area contributed by atoms with Crippen molar-refractivity contribution in [1.82, 2.24) is 0 Å². The summed E-state index contributed by atoms with van der Waals surface area (Å²) in [4.78, 5) is 12.0. The summed E-state index contributed by atoms with van der Waals surface area (Å²) in [6, 6.07) is 7.66. The maximum atomic E-state index is 13.6. The van der Waals surface area contributed by atoms with E-state index in [2.05, 4.69) is 15.9 Å². The molecule has 0 spiro atoms. The fraction of sp³-hybridized carbons (Fsp3) is 0.0714. The van der Waals surface area contributed by atoms with E-state index in [1.165, 1.54) is 18.2 Å². The molecule has 0 aliphatic heterocycles. The lowest BCUT2D eigenvalue weighted by atomic mass is 10.0. The number of hydrogen-bond acceptors (Lipinski definition) is 1. The van der Waals surface area contributed by atoms with Gasteiger partial charge in [-0.15, -0.1) is 0 Å². The smallest absolute Gasteiger partial charge is 0.288 e. The van der Waals surface area contributed by atoms with Gasteiger partial charge in [-0.05, 0) is 30.3 Å². The van der Waals surface area contributed by atoms with Crippen LogP contribution < -0.4 is 0 Å². The molecule has 0 aliphatic carbocycles. The van der Waals surface area contributed by atoms with Crippen molar-refractivity contribution >= 4 is 21.7 Å². The van der Waals surface area contributed by atoms with Gasteiger partial charge in [0.2, 0.25) is 0 Å². The van der Waals surface area contributed by atoms with Crippen molar-refractivity contribution in [1.29, 1.82) is 0 Å². The van der Waals surface area contributed by atoms with Gasteiger partial charge in [-0.25, -0.2) is 4.39 Å². The van der Waals surface area contributed by atoms with E-state index >= 15 is 0 Å². The highest BCUT2D eigenvalue weighted by atomic mass is 79.9. The summed E-state index contributed by atoms with van der Waals surface area (Å²) in [7, 11) is 0. The fourth-order valence-electron chi connectivity index (χ4n) is 1.67. The molecule has 0 unspecified atom stereocenters. The van der Waals surface area contributed by atoms with Crippen molar-refractivity contribution in [2.24, 2.45) is 0 Å². The molecule has 2 aromatic carbocycles. The normalized spacial score (nSPS) is 11.4. The number of alkyl halides is 3. The number of rotatable bonds is 2. The van der Waals surface area contributed by atoms with E-state index in [0.29, 0.717) is 10.5 Å². The molecule has 0 amide bonds. The van der Waals surface area contributed by atoms with Crippen LogP contribution in [0.15, 0.2) is 46.9 Å². The van der Waals surface area contributed by atoms with E-state index < -0.39 is 23.3 Å². The molecule has 0 aliphatic rings. The molecule has 2 aromatic rings. The van der Waals surface area contributed by atoms with Crippen LogP contribution in [0.1, 0.15) is 21.5 Å². The zero-order valence-electron chi connectivity index (χ0n) is 9.84. The van der Waals surface area contributed by atoms with Crippen LogP contribution in [0.3, 0.4) is 0 Å². The summed E-state index contributed by atoms with van der Waals surface area (Å²) in [6.07, 6.45) is -4.55. The van der Waals surface area contributed by atoms with Crippen LogP contribution in [-0.4, -0.2) is 5.78 Å². The summed E-state index contributed by atoms with van der Waals surface area (Å²) < 4.78 is 51.8. The Balaban J connectivity index is 2.44. The van der Waals surface area contributed by atoms with E-state index in [9.17, 15) is 22.4 Å². The number of hydrogen-bond donors (Lipinski definition) is 0. The molecule has 20 heavy (non-hydrogen) atoms. The van der Waals surface area contributed by atoms with Crippen molar-refractivity contribution in [3.8, 4) is 0 Å². The average Bonchev–Trinajstić information content (AvgIpc) is 2.37. The number of benzene rings is 2. The minimum Gasteiger partial charge on any atom is -0.288 e. The zero-order valence-corrected chi connectivity index (χ0v) is 11.4. The number of ketones is 1. The summed E-state index contributed by atoms with van der Waals surface area (Å²) in [5, 5.41) is 0. The minimum atomic E-state index is -4.55. The topological polar surface area (TPSA) is 17.1 Å². The molecule has 0 fully saturated rings. The van der Waals surface area contributed by atoms with E-state index in [1.807, 2.05) is 0 Å². The molecular formula is C14H7BrF4O. The second kappa shape index (κ2) is 5.36. The predicted molar refractivity (Wildman–Crippen MR) is 69.0 cm³/mol. The van der Waals surface area contributed by atoms with E-state index in [1.54, 1.807) is 0 Å². The van der Waals surface area contributed by atoms with Crippen molar-refractivity contribution in [3.63, 3.8) is 0 Å². The van der Waals surface area contributed by atoms with Gasteiger partial charge in [-0.1, -0.05) is 28.1 Å². The summed E-state index contributed by atoms with van der Waals surface area (Å²) in [6.45, 7) is 0. The molecule has 6 heteroatoms. The lowest BCUT2D eigenvalue weighted by Gasteiger charge is -2.08. The summed E-state index contributed by atoms with van der Waals surface area (Å²) in [5.41, 5.74) is -1.42. The van der Waals surface area contributed by atoms with Crippen molar-refractivity contribution in [2.45, 2.75) is 6.18 Å². The molecule has 0 aromatic heterocycles. The molecule has 104 valence electrons.